The van der Waals surface area contributed by atoms with E-state index in [1.165, 1.54) is 7.11 Å². The number of aromatic nitrogens is 1. The molecular weight excluding hydrogens is 190 g/mol. The molecule has 0 fully saturated rings. The molecule has 1 aromatic heterocycles. The van der Waals surface area contributed by atoms with E-state index in [2.05, 4.69) is 4.98 Å². The third kappa shape index (κ3) is 1.61. The van der Waals surface area contributed by atoms with Gasteiger partial charge in [0.15, 0.2) is 0 Å². The number of carbonyl (C=O) groups is 1. The number of fused-ring (bicyclic) bond motifs is 1. The second-order valence-electron chi connectivity index (χ2n) is 3.72. The van der Waals surface area contributed by atoms with Crippen molar-refractivity contribution in [3.05, 3.63) is 35.0 Å². The summed E-state index contributed by atoms with van der Waals surface area (Å²) < 4.78 is 4.75. The molecule has 2 rings (SSSR count). The summed E-state index contributed by atoms with van der Waals surface area (Å²) in [5.74, 6) is -0.300. The Morgan fingerprint density at radius 3 is 2.67 bits per heavy atom. The molecule has 3 heteroatoms. The lowest BCUT2D eigenvalue weighted by molar-refractivity contribution is 0.0602. The minimum atomic E-state index is -0.300. The number of ether oxygens (including phenoxy) is 1. The standard InChI is InChI=1S/C12H13NO2/c1-7-4-9-6-8(2)13-11(9)10(5-7)12(14)15-3/h4-6,13H,1-3H3. The minimum absolute atomic E-state index is 0.300. The van der Waals surface area contributed by atoms with E-state index < -0.39 is 0 Å². The van der Waals surface area contributed by atoms with Gasteiger partial charge < -0.3 is 9.72 Å². The Morgan fingerprint density at radius 2 is 2.00 bits per heavy atom. The summed E-state index contributed by atoms with van der Waals surface area (Å²) in [4.78, 5) is 14.7. The van der Waals surface area contributed by atoms with Gasteiger partial charge >= 0.3 is 5.97 Å². The van der Waals surface area contributed by atoms with Gasteiger partial charge in [0, 0.05) is 11.1 Å². The molecule has 0 aliphatic heterocycles. The molecular formula is C12H13NO2. The molecule has 0 radical (unpaired) electrons. The van der Waals surface area contributed by atoms with Gasteiger partial charge in [-0.25, -0.2) is 4.79 Å². The van der Waals surface area contributed by atoms with E-state index in [9.17, 15) is 4.79 Å². The van der Waals surface area contributed by atoms with Crippen molar-refractivity contribution in [1.82, 2.24) is 4.98 Å². The zero-order valence-electron chi connectivity index (χ0n) is 9.05. The van der Waals surface area contributed by atoms with Crippen molar-refractivity contribution < 1.29 is 9.53 Å². The number of benzene rings is 1. The van der Waals surface area contributed by atoms with Crippen LogP contribution in [-0.2, 0) is 4.74 Å². The monoisotopic (exact) mass is 203 g/mol. The van der Waals surface area contributed by atoms with Crippen molar-refractivity contribution in [2.24, 2.45) is 0 Å². The second-order valence-corrected chi connectivity index (χ2v) is 3.72. The first-order valence-electron chi connectivity index (χ1n) is 4.80. The Kier molecular flexibility index (Phi) is 2.23. The molecule has 0 saturated carbocycles. The number of aryl methyl sites for hydroxylation is 2. The van der Waals surface area contributed by atoms with Gasteiger partial charge in [-0.15, -0.1) is 0 Å². The van der Waals surface area contributed by atoms with Crippen LogP contribution in [0, 0.1) is 13.8 Å². The van der Waals surface area contributed by atoms with E-state index in [1.807, 2.05) is 32.0 Å². The molecule has 78 valence electrons. The number of rotatable bonds is 1. The summed E-state index contributed by atoms with van der Waals surface area (Å²) in [6.07, 6.45) is 0. The zero-order chi connectivity index (χ0) is 11.0. The highest BCUT2D eigenvalue weighted by atomic mass is 16.5. The first-order valence-corrected chi connectivity index (χ1v) is 4.80. The number of carbonyl (C=O) groups excluding carboxylic acids is 1. The summed E-state index contributed by atoms with van der Waals surface area (Å²) in [6.45, 7) is 3.94. The van der Waals surface area contributed by atoms with Crippen LogP contribution in [0.3, 0.4) is 0 Å². The van der Waals surface area contributed by atoms with Crippen LogP contribution in [0.2, 0.25) is 0 Å². The average molecular weight is 203 g/mol. The first kappa shape index (κ1) is 9.77. The molecule has 1 aromatic carbocycles. The number of hydrogen-bond donors (Lipinski definition) is 1. The summed E-state index contributed by atoms with van der Waals surface area (Å²) in [7, 11) is 1.40. The molecule has 0 saturated heterocycles. The van der Waals surface area contributed by atoms with E-state index in [0.29, 0.717) is 5.56 Å². The lowest BCUT2D eigenvalue weighted by Crippen LogP contribution is -2.02. The lowest BCUT2D eigenvalue weighted by Gasteiger charge is -2.02. The number of H-pyrrole nitrogens is 1. The molecule has 0 aliphatic carbocycles. The predicted molar refractivity (Wildman–Crippen MR) is 59.1 cm³/mol. The normalized spacial score (nSPS) is 10.6. The van der Waals surface area contributed by atoms with Crippen LogP contribution in [0.4, 0.5) is 0 Å². The predicted octanol–water partition coefficient (Wildman–Crippen LogP) is 2.57. The molecule has 3 nitrogen and oxygen atoms in total. The highest BCUT2D eigenvalue weighted by Gasteiger charge is 2.12. The van der Waals surface area contributed by atoms with Crippen molar-refractivity contribution >= 4 is 16.9 Å². The van der Waals surface area contributed by atoms with Crippen LogP contribution in [0.15, 0.2) is 18.2 Å². The van der Waals surface area contributed by atoms with Gasteiger partial charge in [0.1, 0.15) is 0 Å². The Bertz CT molecular complexity index is 526. The topological polar surface area (TPSA) is 42.1 Å². The van der Waals surface area contributed by atoms with Gasteiger partial charge in [0.2, 0.25) is 0 Å². The van der Waals surface area contributed by atoms with Crippen molar-refractivity contribution in [3.8, 4) is 0 Å². The summed E-state index contributed by atoms with van der Waals surface area (Å²) in [5, 5.41) is 1.05. The van der Waals surface area contributed by atoms with Crippen molar-refractivity contribution in [2.45, 2.75) is 13.8 Å². The van der Waals surface area contributed by atoms with E-state index in [0.717, 1.165) is 22.2 Å². The van der Waals surface area contributed by atoms with Crippen LogP contribution >= 0.6 is 0 Å². The molecule has 0 atom stereocenters. The van der Waals surface area contributed by atoms with Crippen LogP contribution in [0.1, 0.15) is 21.6 Å². The van der Waals surface area contributed by atoms with Crippen LogP contribution < -0.4 is 0 Å². The second kappa shape index (κ2) is 3.42. The smallest absolute Gasteiger partial charge is 0.340 e. The summed E-state index contributed by atoms with van der Waals surface area (Å²) in [6, 6.07) is 5.91. The number of aromatic amines is 1. The van der Waals surface area contributed by atoms with E-state index >= 15 is 0 Å². The average Bonchev–Trinajstić information content (AvgIpc) is 2.55. The number of nitrogens with one attached hydrogen (secondary N) is 1. The third-order valence-electron chi connectivity index (χ3n) is 2.41. The van der Waals surface area contributed by atoms with Gasteiger partial charge in [0.25, 0.3) is 0 Å². The van der Waals surface area contributed by atoms with Crippen LogP contribution in [0.25, 0.3) is 10.9 Å². The quantitative estimate of drug-likeness (QED) is 0.724. The molecule has 1 N–H and O–H groups in total. The fourth-order valence-electron chi connectivity index (χ4n) is 1.81. The maximum atomic E-state index is 11.5. The first-order chi connectivity index (χ1) is 7.11. The molecule has 2 aromatic rings. The van der Waals surface area contributed by atoms with E-state index in [1.54, 1.807) is 0 Å². The third-order valence-corrected chi connectivity index (χ3v) is 2.41. The highest BCUT2D eigenvalue weighted by Crippen LogP contribution is 2.22. The van der Waals surface area contributed by atoms with E-state index in [-0.39, 0.29) is 5.97 Å². The molecule has 0 unspecified atom stereocenters. The molecule has 0 spiro atoms. The van der Waals surface area contributed by atoms with Gasteiger partial charge in [-0.3, -0.25) is 0 Å². The Labute approximate surface area is 88.1 Å². The molecule has 0 bridgehead atoms. The summed E-state index contributed by atoms with van der Waals surface area (Å²) in [5.41, 5.74) is 3.55. The van der Waals surface area contributed by atoms with Gasteiger partial charge in [-0.05, 0) is 37.6 Å². The number of hydrogen-bond acceptors (Lipinski definition) is 2. The Hall–Kier alpha value is -1.77. The molecule has 0 amide bonds. The lowest BCUT2D eigenvalue weighted by atomic mass is 10.1. The van der Waals surface area contributed by atoms with Crippen molar-refractivity contribution in [1.29, 1.82) is 0 Å². The molecule has 0 aliphatic rings. The summed E-state index contributed by atoms with van der Waals surface area (Å²) >= 11 is 0. The van der Waals surface area contributed by atoms with Crippen LogP contribution in [-0.4, -0.2) is 18.1 Å². The minimum Gasteiger partial charge on any atom is -0.465 e. The fraction of sp³-hybridized carbons (Fsp3) is 0.250. The van der Waals surface area contributed by atoms with Crippen molar-refractivity contribution in [3.63, 3.8) is 0 Å². The number of esters is 1. The fourth-order valence-corrected chi connectivity index (χ4v) is 1.81. The largest absolute Gasteiger partial charge is 0.465 e. The molecule has 1 heterocycles. The maximum absolute atomic E-state index is 11.5. The van der Waals surface area contributed by atoms with Gasteiger partial charge in [-0.1, -0.05) is 0 Å². The molecule has 15 heavy (non-hydrogen) atoms. The zero-order valence-corrected chi connectivity index (χ0v) is 9.05. The Morgan fingerprint density at radius 1 is 1.27 bits per heavy atom. The maximum Gasteiger partial charge on any atom is 0.340 e. The van der Waals surface area contributed by atoms with E-state index in [4.69, 9.17) is 4.74 Å². The van der Waals surface area contributed by atoms with Gasteiger partial charge in [0.05, 0.1) is 18.2 Å². The number of methoxy groups -OCH3 is 1. The van der Waals surface area contributed by atoms with Crippen LogP contribution in [0.5, 0.6) is 0 Å². The Balaban J connectivity index is 2.75. The van der Waals surface area contributed by atoms with Gasteiger partial charge in [-0.2, -0.15) is 0 Å². The van der Waals surface area contributed by atoms with Crippen molar-refractivity contribution in [2.75, 3.05) is 7.11 Å². The highest BCUT2D eigenvalue weighted by molar-refractivity contribution is 6.03. The SMILES string of the molecule is COC(=O)c1cc(C)cc2cc(C)[nH]c12.